The second-order valence-electron chi connectivity index (χ2n) is 5.15. The first-order valence-corrected chi connectivity index (χ1v) is 7.15. The fraction of sp³-hybridized carbons (Fsp3) is 0.467. The molecule has 1 unspecified atom stereocenters. The molecule has 0 saturated carbocycles. The van der Waals surface area contributed by atoms with Gasteiger partial charge in [-0.2, -0.15) is 0 Å². The van der Waals surface area contributed by atoms with Crippen LogP contribution in [0.15, 0.2) is 30.6 Å². The van der Waals surface area contributed by atoms with Crippen LogP contribution in [0.25, 0.3) is 11.0 Å². The van der Waals surface area contributed by atoms with Crippen LogP contribution in [0.4, 0.5) is 4.79 Å². The van der Waals surface area contributed by atoms with Crippen molar-refractivity contribution in [2.45, 2.75) is 25.9 Å². The van der Waals surface area contributed by atoms with Crippen molar-refractivity contribution in [2.75, 3.05) is 20.2 Å². The fourth-order valence-corrected chi connectivity index (χ4v) is 2.08. The molecule has 114 valence electrons. The van der Waals surface area contributed by atoms with Gasteiger partial charge in [-0.05, 0) is 25.5 Å². The average Bonchev–Trinajstić information content (AvgIpc) is 2.93. The summed E-state index contributed by atoms with van der Waals surface area (Å²) in [5.74, 6) is 0. The van der Waals surface area contributed by atoms with Crippen LogP contribution in [-0.2, 0) is 6.54 Å². The van der Waals surface area contributed by atoms with Gasteiger partial charge in [0.2, 0.25) is 0 Å². The second kappa shape index (κ2) is 7.08. The summed E-state index contributed by atoms with van der Waals surface area (Å²) in [6, 6.07) is 7.65. The van der Waals surface area contributed by atoms with Crippen LogP contribution in [0.5, 0.6) is 0 Å². The molecular weight excluding hydrogens is 268 g/mol. The number of nitrogens with one attached hydrogen (secondary N) is 1. The first-order chi connectivity index (χ1) is 10.1. The maximum Gasteiger partial charge on any atom is 0.317 e. The molecule has 1 heterocycles. The molecule has 2 aromatic rings. The van der Waals surface area contributed by atoms with E-state index < -0.39 is 0 Å². The van der Waals surface area contributed by atoms with Gasteiger partial charge < -0.3 is 19.9 Å². The lowest BCUT2D eigenvalue weighted by Gasteiger charge is -2.23. The molecule has 0 aliphatic carbocycles. The molecule has 0 spiro atoms. The van der Waals surface area contributed by atoms with Crippen LogP contribution in [-0.4, -0.2) is 51.8 Å². The van der Waals surface area contributed by atoms with E-state index >= 15 is 0 Å². The van der Waals surface area contributed by atoms with Crippen molar-refractivity contribution in [2.24, 2.45) is 0 Å². The first kappa shape index (κ1) is 15.3. The molecule has 0 bridgehead atoms. The smallest absolute Gasteiger partial charge is 0.317 e. The number of imidazole rings is 1. The molecule has 2 rings (SSSR count). The van der Waals surface area contributed by atoms with E-state index in [1.165, 1.54) is 4.90 Å². The highest BCUT2D eigenvalue weighted by atomic mass is 16.3. The van der Waals surface area contributed by atoms with E-state index in [9.17, 15) is 4.79 Å². The summed E-state index contributed by atoms with van der Waals surface area (Å²) in [5, 5.41) is 11.9. The zero-order chi connectivity index (χ0) is 15.2. The van der Waals surface area contributed by atoms with Gasteiger partial charge in [-0.25, -0.2) is 9.78 Å². The zero-order valence-electron chi connectivity index (χ0n) is 12.5. The number of amides is 2. The maximum absolute atomic E-state index is 11.8. The van der Waals surface area contributed by atoms with Crippen LogP contribution in [0.2, 0.25) is 0 Å². The average molecular weight is 290 g/mol. The van der Waals surface area contributed by atoms with Gasteiger partial charge in [0.25, 0.3) is 0 Å². The van der Waals surface area contributed by atoms with E-state index in [1.54, 1.807) is 14.0 Å². The third-order valence-electron chi connectivity index (χ3n) is 3.63. The Labute approximate surface area is 124 Å². The molecule has 21 heavy (non-hydrogen) atoms. The lowest BCUT2D eigenvalue weighted by molar-refractivity contribution is 0.157. The summed E-state index contributed by atoms with van der Waals surface area (Å²) in [7, 11) is 1.68. The molecule has 2 N–H and O–H groups in total. The molecule has 1 aromatic heterocycles. The largest absolute Gasteiger partial charge is 0.394 e. The molecule has 0 aliphatic rings. The summed E-state index contributed by atoms with van der Waals surface area (Å²) >= 11 is 0. The number of nitrogens with zero attached hydrogens (tertiary/aromatic N) is 3. The number of likely N-dealkylation sites (N-methyl/N-ethyl adjacent to an activating group) is 1. The number of urea groups is 1. The van der Waals surface area contributed by atoms with Crippen molar-refractivity contribution >= 4 is 17.1 Å². The van der Waals surface area contributed by atoms with Crippen molar-refractivity contribution in [3.8, 4) is 0 Å². The molecular formula is C15H22N4O2. The predicted molar refractivity (Wildman–Crippen MR) is 82.1 cm³/mol. The van der Waals surface area contributed by atoms with E-state index in [1.807, 2.05) is 30.6 Å². The van der Waals surface area contributed by atoms with Gasteiger partial charge in [-0.1, -0.05) is 12.1 Å². The van der Waals surface area contributed by atoms with E-state index in [4.69, 9.17) is 5.11 Å². The number of aliphatic hydroxyl groups excluding tert-OH is 1. The summed E-state index contributed by atoms with van der Waals surface area (Å²) in [4.78, 5) is 17.6. The van der Waals surface area contributed by atoms with Gasteiger partial charge >= 0.3 is 6.03 Å². The Bertz CT molecular complexity index is 596. The predicted octanol–water partition coefficient (Wildman–Crippen LogP) is 1.45. The minimum atomic E-state index is -0.178. The summed E-state index contributed by atoms with van der Waals surface area (Å²) in [6.45, 7) is 3.16. The van der Waals surface area contributed by atoms with Crippen molar-refractivity contribution in [3.63, 3.8) is 0 Å². The van der Waals surface area contributed by atoms with Crippen LogP contribution < -0.4 is 5.32 Å². The third kappa shape index (κ3) is 3.72. The third-order valence-corrected chi connectivity index (χ3v) is 3.63. The number of para-hydroxylation sites is 2. The molecule has 0 radical (unpaired) electrons. The summed E-state index contributed by atoms with van der Waals surface area (Å²) < 4.78 is 2.08. The molecule has 1 atom stereocenters. The van der Waals surface area contributed by atoms with Crippen LogP contribution in [0.1, 0.15) is 13.3 Å². The minimum absolute atomic E-state index is 0.0368. The number of aliphatic hydroxyl groups is 1. The Hall–Kier alpha value is -2.08. The lowest BCUT2D eigenvalue weighted by Crippen LogP contribution is -2.44. The number of carbonyl (C=O) groups excluding carboxylic acids is 1. The molecule has 6 heteroatoms. The monoisotopic (exact) mass is 290 g/mol. The van der Waals surface area contributed by atoms with Crippen molar-refractivity contribution in [1.82, 2.24) is 19.8 Å². The fourth-order valence-electron chi connectivity index (χ4n) is 2.08. The highest BCUT2D eigenvalue weighted by Gasteiger charge is 2.13. The number of fused-ring (bicyclic) bond motifs is 1. The Morgan fingerprint density at radius 1 is 1.48 bits per heavy atom. The quantitative estimate of drug-likeness (QED) is 0.791. The maximum atomic E-state index is 11.8. The topological polar surface area (TPSA) is 70.4 Å². The number of hydrogen-bond donors (Lipinski definition) is 2. The molecule has 1 aromatic carbocycles. The van der Waals surface area contributed by atoms with Gasteiger partial charge in [0.1, 0.15) is 0 Å². The highest BCUT2D eigenvalue weighted by Crippen LogP contribution is 2.11. The molecule has 6 nitrogen and oxygen atoms in total. The van der Waals surface area contributed by atoms with E-state index in [0.29, 0.717) is 6.54 Å². The Kier molecular flexibility index (Phi) is 5.16. The zero-order valence-corrected chi connectivity index (χ0v) is 12.5. The molecule has 0 fully saturated rings. The second-order valence-corrected chi connectivity index (χ2v) is 5.15. The summed E-state index contributed by atoms with van der Waals surface area (Å²) in [6.07, 6.45) is 2.65. The number of carbonyl (C=O) groups is 1. The van der Waals surface area contributed by atoms with Gasteiger partial charge in [0.05, 0.1) is 30.0 Å². The first-order valence-electron chi connectivity index (χ1n) is 7.15. The number of benzene rings is 1. The normalized spacial score (nSPS) is 12.3. The van der Waals surface area contributed by atoms with Gasteiger partial charge in [0, 0.05) is 20.1 Å². The number of rotatable bonds is 6. The minimum Gasteiger partial charge on any atom is -0.394 e. The Morgan fingerprint density at radius 3 is 3.00 bits per heavy atom. The van der Waals surface area contributed by atoms with Crippen LogP contribution in [0, 0.1) is 0 Å². The summed E-state index contributed by atoms with van der Waals surface area (Å²) in [5.41, 5.74) is 2.09. The molecule has 0 aliphatic heterocycles. The molecule has 0 saturated heterocycles. The molecule has 2 amide bonds. The van der Waals surface area contributed by atoms with Crippen molar-refractivity contribution < 1.29 is 9.90 Å². The number of hydrogen-bond acceptors (Lipinski definition) is 3. The number of aromatic nitrogens is 2. The standard InChI is InChI=1S/C15H22N4O2/c1-12(10-20)18(2)15(21)16-8-5-9-19-11-17-13-6-3-4-7-14(13)19/h3-4,6-7,11-12,20H,5,8-10H2,1-2H3,(H,16,21). The van der Waals surface area contributed by atoms with Crippen LogP contribution in [0.3, 0.4) is 0 Å². The Balaban J connectivity index is 1.78. The van der Waals surface area contributed by atoms with E-state index in [0.717, 1.165) is 24.0 Å². The van der Waals surface area contributed by atoms with Gasteiger partial charge in [-0.3, -0.25) is 0 Å². The van der Waals surface area contributed by atoms with Gasteiger partial charge in [0.15, 0.2) is 0 Å². The SMILES string of the molecule is CC(CO)N(C)C(=O)NCCCn1cnc2ccccc21. The van der Waals surface area contributed by atoms with Crippen molar-refractivity contribution in [1.29, 1.82) is 0 Å². The van der Waals surface area contributed by atoms with Crippen molar-refractivity contribution in [3.05, 3.63) is 30.6 Å². The van der Waals surface area contributed by atoms with E-state index in [2.05, 4.69) is 14.9 Å². The van der Waals surface area contributed by atoms with E-state index in [-0.39, 0.29) is 18.7 Å². The van der Waals surface area contributed by atoms with Crippen LogP contribution >= 0.6 is 0 Å². The lowest BCUT2D eigenvalue weighted by atomic mass is 10.3. The number of aryl methyl sites for hydroxylation is 1. The highest BCUT2D eigenvalue weighted by molar-refractivity contribution is 5.75. The Morgan fingerprint density at radius 2 is 2.24 bits per heavy atom. The van der Waals surface area contributed by atoms with Gasteiger partial charge in [-0.15, -0.1) is 0 Å².